The first-order valence-corrected chi connectivity index (χ1v) is 12.4. The molecule has 0 atom stereocenters. The predicted molar refractivity (Wildman–Crippen MR) is 108 cm³/mol. The number of aromatic nitrogens is 2. The van der Waals surface area contributed by atoms with Gasteiger partial charge in [-0.1, -0.05) is 19.6 Å². The van der Waals surface area contributed by atoms with Crippen molar-refractivity contribution >= 4 is 46.0 Å². The fraction of sp³-hybridized carbons (Fsp3) is 0.278. The van der Waals surface area contributed by atoms with Crippen LogP contribution in [-0.2, 0) is 0 Å². The van der Waals surface area contributed by atoms with E-state index in [9.17, 15) is 14.5 Å². The zero-order valence-corrected chi connectivity index (χ0v) is 17.8. The number of rotatable bonds is 3. The van der Waals surface area contributed by atoms with E-state index in [1.807, 2.05) is 6.92 Å². The third-order valence-electron chi connectivity index (χ3n) is 4.57. The molecule has 2 heterocycles. The van der Waals surface area contributed by atoms with Crippen molar-refractivity contribution in [3.05, 3.63) is 49.9 Å². The molecular weight excluding hydrogens is 417 g/mol. The molecule has 5 nitrogen and oxygen atoms in total. The van der Waals surface area contributed by atoms with Crippen molar-refractivity contribution in [2.75, 3.05) is 0 Å². The van der Waals surface area contributed by atoms with Crippen molar-refractivity contribution in [1.29, 1.82) is 0 Å². The number of hydrogen-bond donors (Lipinski definition) is 1. The molecular formula is C18H19BrFN3O2Si. The molecule has 3 rings (SSSR count). The molecule has 136 valence electrons. The minimum Gasteiger partial charge on any atom is -0.347 e. The molecule has 1 aromatic carbocycles. The summed E-state index contributed by atoms with van der Waals surface area (Å²) in [5.41, 5.74) is 2.83. The zero-order chi connectivity index (χ0) is 19.4. The standard InChI is InChI=1S/C18H19BrFN3O2Si/c1-9-12(19)8-21-17-15(9)16(18(22-17)26(3,4)5)11-6-13(20)10(2)14(7-11)23(24)25/h6-8H,1-5H3,(H,21,22). The number of nitrogens with one attached hydrogen (secondary N) is 1. The number of fused-ring (bicyclic) bond motifs is 1. The number of nitro groups is 1. The van der Waals surface area contributed by atoms with E-state index >= 15 is 0 Å². The van der Waals surface area contributed by atoms with Crippen LogP contribution in [0.25, 0.3) is 22.2 Å². The second kappa shape index (κ2) is 6.28. The Morgan fingerprint density at radius 1 is 1.23 bits per heavy atom. The molecule has 0 aliphatic carbocycles. The smallest absolute Gasteiger partial charge is 0.275 e. The van der Waals surface area contributed by atoms with Gasteiger partial charge in [0.1, 0.15) is 11.5 Å². The van der Waals surface area contributed by atoms with E-state index in [1.165, 1.54) is 19.1 Å². The lowest BCUT2D eigenvalue weighted by atomic mass is 10.0. The largest absolute Gasteiger partial charge is 0.347 e. The number of nitrogens with zero attached hydrogens (tertiary/aromatic N) is 2. The van der Waals surface area contributed by atoms with Crippen molar-refractivity contribution in [1.82, 2.24) is 9.97 Å². The Balaban J connectivity index is 2.48. The molecule has 0 aliphatic heterocycles. The molecule has 0 bridgehead atoms. The van der Waals surface area contributed by atoms with Crippen LogP contribution in [0.2, 0.25) is 19.6 Å². The highest BCUT2D eigenvalue weighted by atomic mass is 79.9. The van der Waals surface area contributed by atoms with Crippen LogP contribution in [0.5, 0.6) is 0 Å². The third-order valence-corrected chi connectivity index (χ3v) is 7.25. The fourth-order valence-corrected chi connectivity index (χ4v) is 4.95. The Morgan fingerprint density at radius 2 is 1.88 bits per heavy atom. The van der Waals surface area contributed by atoms with Gasteiger partial charge in [-0.15, -0.1) is 0 Å². The van der Waals surface area contributed by atoms with Gasteiger partial charge < -0.3 is 4.98 Å². The molecule has 0 unspecified atom stereocenters. The molecule has 0 saturated carbocycles. The number of benzene rings is 1. The van der Waals surface area contributed by atoms with E-state index in [1.54, 1.807) is 6.20 Å². The maximum absolute atomic E-state index is 14.5. The number of aromatic amines is 1. The number of H-pyrrole nitrogens is 1. The van der Waals surface area contributed by atoms with Crippen molar-refractivity contribution in [3.8, 4) is 11.1 Å². The summed E-state index contributed by atoms with van der Waals surface area (Å²) in [5, 5.41) is 13.3. The predicted octanol–water partition coefficient (Wildman–Crippen LogP) is 5.20. The minimum atomic E-state index is -1.86. The number of aryl methyl sites for hydroxylation is 1. The Bertz CT molecular complexity index is 1060. The molecule has 26 heavy (non-hydrogen) atoms. The molecule has 2 aromatic heterocycles. The van der Waals surface area contributed by atoms with E-state index in [-0.39, 0.29) is 11.3 Å². The summed E-state index contributed by atoms with van der Waals surface area (Å²) in [6.45, 7) is 9.90. The van der Waals surface area contributed by atoms with Crippen molar-refractivity contribution in [2.45, 2.75) is 33.5 Å². The number of halogens is 2. The summed E-state index contributed by atoms with van der Waals surface area (Å²) < 4.78 is 15.3. The second-order valence-electron chi connectivity index (χ2n) is 7.44. The van der Waals surface area contributed by atoms with Crippen LogP contribution < -0.4 is 5.32 Å². The molecule has 1 N–H and O–H groups in total. The van der Waals surface area contributed by atoms with E-state index in [2.05, 4.69) is 45.5 Å². The van der Waals surface area contributed by atoms with Gasteiger partial charge in [0, 0.05) is 33.0 Å². The molecule has 0 spiro atoms. The third kappa shape index (κ3) is 2.97. The van der Waals surface area contributed by atoms with Gasteiger partial charge >= 0.3 is 0 Å². The molecule has 3 aromatic rings. The lowest BCUT2D eigenvalue weighted by Crippen LogP contribution is -2.39. The summed E-state index contributed by atoms with van der Waals surface area (Å²) >= 11 is 3.50. The average Bonchev–Trinajstić information content (AvgIpc) is 2.93. The number of pyridine rings is 1. The van der Waals surface area contributed by atoms with Gasteiger partial charge in [-0.25, -0.2) is 9.37 Å². The molecule has 8 heteroatoms. The molecule has 0 fully saturated rings. The quantitative estimate of drug-likeness (QED) is 0.348. The van der Waals surface area contributed by atoms with Crippen molar-refractivity contribution in [3.63, 3.8) is 0 Å². The van der Waals surface area contributed by atoms with Crippen LogP contribution in [0.4, 0.5) is 10.1 Å². The minimum absolute atomic E-state index is 0.0455. The van der Waals surface area contributed by atoms with Crippen LogP contribution in [0.15, 0.2) is 22.8 Å². The van der Waals surface area contributed by atoms with E-state index in [0.717, 1.165) is 26.3 Å². The second-order valence-corrected chi connectivity index (χ2v) is 13.3. The van der Waals surface area contributed by atoms with Crippen LogP contribution in [0.1, 0.15) is 11.1 Å². The lowest BCUT2D eigenvalue weighted by molar-refractivity contribution is -0.385. The van der Waals surface area contributed by atoms with E-state index < -0.39 is 18.8 Å². The van der Waals surface area contributed by atoms with E-state index in [4.69, 9.17) is 0 Å². The highest BCUT2D eigenvalue weighted by molar-refractivity contribution is 9.10. The summed E-state index contributed by atoms with van der Waals surface area (Å²) in [5.74, 6) is -0.578. The molecule has 0 amide bonds. The Kier molecular flexibility index (Phi) is 4.52. The Hall–Kier alpha value is -2.06. The van der Waals surface area contributed by atoms with Gasteiger partial charge in [-0.3, -0.25) is 10.1 Å². The van der Waals surface area contributed by atoms with Crippen LogP contribution in [-0.4, -0.2) is 23.0 Å². The van der Waals surface area contributed by atoms with Crippen molar-refractivity contribution < 1.29 is 9.31 Å². The fourth-order valence-electron chi connectivity index (χ4n) is 3.14. The SMILES string of the molecule is Cc1c(F)cc(-c2c([Si](C)(C)C)[nH]c3ncc(Br)c(C)c23)cc1[N+](=O)[O-]. The van der Waals surface area contributed by atoms with Gasteiger partial charge in [-0.2, -0.15) is 0 Å². The first-order valence-electron chi connectivity index (χ1n) is 8.14. The maximum atomic E-state index is 14.5. The van der Waals surface area contributed by atoms with Crippen molar-refractivity contribution in [2.24, 2.45) is 0 Å². The molecule has 0 aliphatic rings. The van der Waals surface area contributed by atoms with Gasteiger partial charge in [0.2, 0.25) is 0 Å². The number of hydrogen-bond acceptors (Lipinski definition) is 3. The average molecular weight is 436 g/mol. The highest BCUT2D eigenvalue weighted by Crippen LogP contribution is 2.36. The zero-order valence-electron chi connectivity index (χ0n) is 15.2. The summed E-state index contributed by atoms with van der Waals surface area (Å²) in [6.07, 6.45) is 1.73. The lowest BCUT2D eigenvalue weighted by Gasteiger charge is -2.18. The van der Waals surface area contributed by atoms with Crippen LogP contribution in [0, 0.1) is 29.8 Å². The number of nitro benzene ring substituents is 1. The maximum Gasteiger partial charge on any atom is 0.275 e. The molecule has 0 saturated heterocycles. The monoisotopic (exact) mass is 435 g/mol. The highest BCUT2D eigenvalue weighted by Gasteiger charge is 2.29. The van der Waals surface area contributed by atoms with Gasteiger partial charge in [0.25, 0.3) is 5.69 Å². The van der Waals surface area contributed by atoms with Crippen LogP contribution in [0.3, 0.4) is 0 Å². The van der Waals surface area contributed by atoms with Gasteiger partial charge in [0.05, 0.1) is 18.6 Å². The topological polar surface area (TPSA) is 71.8 Å². The van der Waals surface area contributed by atoms with Crippen LogP contribution >= 0.6 is 15.9 Å². The normalized spacial score (nSPS) is 12.0. The van der Waals surface area contributed by atoms with E-state index in [0.29, 0.717) is 11.2 Å². The van der Waals surface area contributed by atoms with Gasteiger partial charge in [0.15, 0.2) is 0 Å². The summed E-state index contributed by atoms with van der Waals surface area (Å²) in [4.78, 5) is 18.7. The first kappa shape index (κ1) is 18.7. The Labute approximate surface area is 159 Å². The summed E-state index contributed by atoms with van der Waals surface area (Å²) in [6, 6.07) is 2.85. The molecule has 0 radical (unpaired) electrons. The Morgan fingerprint density at radius 3 is 2.46 bits per heavy atom. The van der Waals surface area contributed by atoms with Gasteiger partial charge in [-0.05, 0) is 47.0 Å². The first-order chi connectivity index (χ1) is 12.0. The summed E-state index contributed by atoms with van der Waals surface area (Å²) in [7, 11) is -1.86.